The van der Waals surface area contributed by atoms with Gasteiger partial charge in [-0.3, -0.25) is 9.59 Å². The van der Waals surface area contributed by atoms with Gasteiger partial charge in [-0.25, -0.2) is 0 Å². The van der Waals surface area contributed by atoms with Crippen LogP contribution in [0.25, 0.3) is 0 Å². The minimum absolute atomic E-state index is 0.0101. The van der Waals surface area contributed by atoms with Crippen LogP contribution in [0.2, 0.25) is 0 Å². The maximum absolute atomic E-state index is 12.7. The molecule has 3 unspecified atom stereocenters. The van der Waals surface area contributed by atoms with Gasteiger partial charge in [0.1, 0.15) is 0 Å². The fourth-order valence-electron chi connectivity index (χ4n) is 3.72. The summed E-state index contributed by atoms with van der Waals surface area (Å²) in [4.78, 5) is 26.5. The molecule has 0 spiro atoms. The van der Waals surface area contributed by atoms with Gasteiger partial charge < -0.3 is 16.0 Å². The molecule has 1 aliphatic heterocycles. The monoisotopic (exact) mass is 281 g/mol. The number of likely N-dealkylation sites (tertiary alicyclic amines) is 1. The Kier molecular flexibility index (Phi) is 4.09. The van der Waals surface area contributed by atoms with Crippen LogP contribution in [0.1, 0.15) is 46.0 Å². The minimum Gasteiger partial charge on any atom is -0.359 e. The molecule has 0 aromatic carbocycles. The minimum atomic E-state index is -0.717. The Morgan fingerprint density at radius 1 is 1.35 bits per heavy atom. The molecule has 2 fully saturated rings. The summed E-state index contributed by atoms with van der Waals surface area (Å²) in [6, 6.07) is 0. The Morgan fingerprint density at radius 2 is 2.05 bits per heavy atom. The van der Waals surface area contributed by atoms with Crippen molar-refractivity contribution in [1.29, 1.82) is 0 Å². The maximum Gasteiger partial charge on any atom is 0.242 e. The normalized spacial score (nSPS) is 37.8. The lowest BCUT2D eigenvalue weighted by Gasteiger charge is -2.38. The molecule has 0 aromatic heterocycles. The Bertz CT molecular complexity index is 412. The van der Waals surface area contributed by atoms with Gasteiger partial charge in [-0.05, 0) is 32.1 Å². The van der Waals surface area contributed by atoms with Crippen molar-refractivity contribution in [2.45, 2.75) is 51.5 Å². The van der Waals surface area contributed by atoms with Gasteiger partial charge in [-0.15, -0.1) is 0 Å². The number of hydrogen-bond acceptors (Lipinski definition) is 3. The van der Waals surface area contributed by atoms with Crippen LogP contribution in [0.5, 0.6) is 0 Å². The van der Waals surface area contributed by atoms with E-state index in [-0.39, 0.29) is 11.8 Å². The van der Waals surface area contributed by atoms with Gasteiger partial charge in [0, 0.05) is 20.1 Å². The second-order valence-corrected chi connectivity index (χ2v) is 6.97. The molecular formula is C15H27N3O2. The molecule has 114 valence electrons. The fourth-order valence-corrected chi connectivity index (χ4v) is 3.72. The van der Waals surface area contributed by atoms with E-state index in [1.54, 1.807) is 11.9 Å². The molecule has 1 heterocycles. The van der Waals surface area contributed by atoms with Crippen molar-refractivity contribution < 1.29 is 9.59 Å². The van der Waals surface area contributed by atoms with Gasteiger partial charge in [0.05, 0.1) is 11.0 Å². The number of carbonyl (C=O) groups is 2. The van der Waals surface area contributed by atoms with Crippen molar-refractivity contribution >= 4 is 11.8 Å². The molecule has 1 saturated carbocycles. The van der Waals surface area contributed by atoms with Gasteiger partial charge in [0.25, 0.3) is 0 Å². The highest BCUT2D eigenvalue weighted by atomic mass is 16.2. The van der Waals surface area contributed by atoms with Crippen molar-refractivity contribution in [3.05, 3.63) is 0 Å². The zero-order chi connectivity index (χ0) is 15.0. The standard InChI is InChI=1S/C15H27N3O2/c1-11-5-4-6-15(16,9-11)13(20)18-8-7-14(2,10-18)12(19)17-3/h11H,4-10,16H2,1-3H3,(H,17,19). The zero-order valence-corrected chi connectivity index (χ0v) is 12.9. The summed E-state index contributed by atoms with van der Waals surface area (Å²) in [5, 5.41) is 2.69. The van der Waals surface area contributed by atoms with Crippen LogP contribution >= 0.6 is 0 Å². The van der Waals surface area contributed by atoms with Gasteiger partial charge in [-0.1, -0.05) is 19.8 Å². The predicted molar refractivity (Wildman–Crippen MR) is 77.9 cm³/mol. The zero-order valence-electron chi connectivity index (χ0n) is 12.9. The van der Waals surface area contributed by atoms with E-state index in [9.17, 15) is 9.59 Å². The molecule has 0 aromatic rings. The highest BCUT2D eigenvalue weighted by Crippen LogP contribution is 2.36. The van der Waals surface area contributed by atoms with Crippen molar-refractivity contribution in [3.63, 3.8) is 0 Å². The Labute approximate surface area is 121 Å². The lowest BCUT2D eigenvalue weighted by atomic mass is 9.76. The molecule has 2 aliphatic rings. The number of carbonyl (C=O) groups excluding carboxylic acids is 2. The van der Waals surface area contributed by atoms with Gasteiger partial charge in [0.2, 0.25) is 11.8 Å². The van der Waals surface area contributed by atoms with E-state index in [4.69, 9.17) is 5.73 Å². The van der Waals surface area contributed by atoms with Crippen LogP contribution in [-0.2, 0) is 9.59 Å². The molecule has 5 heteroatoms. The summed E-state index contributed by atoms with van der Waals surface area (Å²) in [6.45, 7) is 5.20. The van der Waals surface area contributed by atoms with Crippen LogP contribution < -0.4 is 11.1 Å². The van der Waals surface area contributed by atoms with Gasteiger partial charge in [0.15, 0.2) is 0 Å². The molecule has 0 radical (unpaired) electrons. The fraction of sp³-hybridized carbons (Fsp3) is 0.867. The van der Waals surface area contributed by atoms with Crippen LogP contribution in [0.3, 0.4) is 0 Å². The van der Waals surface area contributed by atoms with Crippen LogP contribution in [-0.4, -0.2) is 42.4 Å². The first-order valence-corrected chi connectivity index (χ1v) is 7.61. The molecule has 1 saturated heterocycles. The van der Waals surface area contributed by atoms with Crippen molar-refractivity contribution in [2.24, 2.45) is 17.1 Å². The second-order valence-electron chi connectivity index (χ2n) is 6.97. The van der Waals surface area contributed by atoms with E-state index in [1.807, 2.05) is 6.92 Å². The SMILES string of the molecule is CNC(=O)C1(C)CCN(C(=O)C2(N)CCCC(C)C2)C1. The summed E-state index contributed by atoms with van der Waals surface area (Å²) in [6.07, 6.45) is 4.42. The summed E-state index contributed by atoms with van der Waals surface area (Å²) < 4.78 is 0. The van der Waals surface area contributed by atoms with E-state index in [0.717, 1.165) is 25.7 Å². The highest BCUT2D eigenvalue weighted by molar-refractivity contribution is 5.89. The van der Waals surface area contributed by atoms with E-state index < -0.39 is 11.0 Å². The lowest BCUT2D eigenvalue weighted by molar-refractivity contribution is -0.138. The largest absolute Gasteiger partial charge is 0.359 e. The topological polar surface area (TPSA) is 75.4 Å². The Morgan fingerprint density at radius 3 is 2.65 bits per heavy atom. The number of hydrogen-bond donors (Lipinski definition) is 2. The first kappa shape index (κ1) is 15.3. The summed E-state index contributed by atoms with van der Waals surface area (Å²) in [5.41, 5.74) is 5.19. The smallest absolute Gasteiger partial charge is 0.242 e. The molecule has 3 atom stereocenters. The Hall–Kier alpha value is -1.10. The van der Waals surface area contributed by atoms with Gasteiger partial charge in [-0.2, -0.15) is 0 Å². The molecule has 2 amide bonds. The van der Waals surface area contributed by atoms with Crippen LogP contribution in [0.4, 0.5) is 0 Å². The molecular weight excluding hydrogens is 254 g/mol. The third-order valence-electron chi connectivity index (χ3n) is 4.99. The summed E-state index contributed by atoms with van der Waals surface area (Å²) in [7, 11) is 1.64. The predicted octanol–water partition coefficient (Wildman–Crippen LogP) is 0.879. The third kappa shape index (κ3) is 2.68. The first-order valence-electron chi connectivity index (χ1n) is 7.61. The Balaban J connectivity index is 2.06. The van der Waals surface area contributed by atoms with E-state index >= 15 is 0 Å². The second kappa shape index (κ2) is 5.35. The molecule has 0 bridgehead atoms. The summed E-state index contributed by atoms with van der Waals surface area (Å²) >= 11 is 0. The number of nitrogens with one attached hydrogen (secondary N) is 1. The molecule has 3 N–H and O–H groups in total. The first-order chi connectivity index (χ1) is 9.31. The van der Waals surface area contributed by atoms with Crippen LogP contribution in [0.15, 0.2) is 0 Å². The number of amides is 2. The van der Waals surface area contributed by atoms with Gasteiger partial charge >= 0.3 is 0 Å². The van der Waals surface area contributed by atoms with E-state index in [1.165, 1.54) is 0 Å². The molecule has 5 nitrogen and oxygen atoms in total. The van der Waals surface area contributed by atoms with E-state index in [2.05, 4.69) is 12.2 Å². The number of nitrogens with two attached hydrogens (primary N) is 1. The molecule has 1 aliphatic carbocycles. The molecule has 2 rings (SSSR count). The number of nitrogens with zero attached hydrogens (tertiary/aromatic N) is 1. The van der Waals surface area contributed by atoms with Crippen molar-refractivity contribution in [3.8, 4) is 0 Å². The highest BCUT2D eigenvalue weighted by Gasteiger charge is 2.47. The number of rotatable bonds is 2. The van der Waals surface area contributed by atoms with Crippen molar-refractivity contribution in [1.82, 2.24) is 10.2 Å². The lowest BCUT2D eigenvalue weighted by Crippen LogP contribution is -2.57. The quantitative estimate of drug-likeness (QED) is 0.789. The van der Waals surface area contributed by atoms with Crippen LogP contribution in [0, 0.1) is 11.3 Å². The van der Waals surface area contributed by atoms with Crippen molar-refractivity contribution in [2.75, 3.05) is 20.1 Å². The average Bonchev–Trinajstić information content (AvgIpc) is 2.80. The average molecular weight is 281 g/mol. The maximum atomic E-state index is 12.7. The third-order valence-corrected chi connectivity index (χ3v) is 4.99. The summed E-state index contributed by atoms with van der Waals surface area (Å²) in [5.74, 6) is 0.554. The molecule has 20 heavy (non-hydrogen) atoms. The van der Waals surface area contributed by atoms with E-state index in [0.29, 0.717) is 25.4 Å².